The van der Waals surface area contributed by atoms with Gasteiger partial charge in [-0.05, 0) is 61.6 Å². The lowest BCUT2D eigenvalue weighted by atomic mass is 9.98. The Kier molecular flexibility index (Phi) is 7.00. The molecular weight excluding hydrogens is 450 g/mol. The van der Waals surface area contributed by atoms with Crippen LogP contribution in [0.1, 0.15) is 55.7 Å². The molecule has 4 rings (SSSR count). The van der Waals surface area contributed by atoms with E-state index in [2.05, 4.69) is 17.0 Å². The quantitative estimate of drug-likeness (QED) is 0.493. The van der Waals surface area contributed by atoms with Gasteiger partial charge in [-0.15, -0.1) is 0 Å². The van der Waals surface area contributed by atoms with E-state index in [1.807, 2.05) is 45.0 Å². The number of aliphatic hydroxyl groups excluding tert-OH is 1. The van der Waals surface area contributed by atoms with Crippen LogP contribution in [-0.4, -0.2) is 31.8 Å². The Labute approximate surface area is 202 Å². The Morgan fingerprint density at radius 3 is 2.56 bits per heavy atom. The van der Waals surface area contributed by atoms with Gasteiger partial charge in [0, 0.05) is 36.4 Å². The summed E-state index contributed by atoms with van der Waals surface area (Å²) in [5, 5.41) is 14.6. The summed E-state index contributed by atoms with van der Waals surface area (Å²) >= 11 is 0. The molecule has 1 aliphatic heterocycles. The number of sulfonamides is 1. The number of anilines is 2. The van der Waals surface area contributed by atoms with E-state index in [0.29, 0.717) is 37.3 Å². The van der Waals surface area contributed by atoms with Gasteiger partial charge in [-0.1, -0.05) is 38.1 Å². The maximum atomic E-state index is 13.8. The van der Waals surface area contributed by atoms with Crippen molar-refractivity contribution in [3.8, 4) is 0 Å². The minimum Gasteiger partial charge on any atom is -0.388 e. The molecule has 7 nitrogen and oxygen atoms in total. The van der Waals surface area contributed by atoms with Gasteiger partial charge >= 0.3 is 0 Å². The summed E-state index contributed by atoms with van der Waals surface area (Å²) in [4.78, 5) is 2.32. The molecule has 0 amide bonds. The monoisotopic (exact) mass is 483 g/mol. The predicted octanol–water partition coefficient (Wildman–Crippen LogP) is 4.84. The van der Waals surface area contributed by atoms with Crippen molar-refractivity contribution < 1.29 is 18.0 Å². The van der Waals surface area contributed by atoms with Crippen LogP contribution in [0.3, 0.4) is 0 Å². The van der Waals surface area contributed by atoms with Crippen LogP contribution in [0.5, 0.6) is 0 Å². The van der Waals surface area contributed by atoms with Gasteiger partial charge in [0.2, 0.25) is 0 Å². The van der Waals surface area contributed by atoms with Crippen molar-refractivity contribution in [3.63, 3.8) is 0 Å². The Morgan fingerprint density at radius 2 is 1.94 bits per heavy atom. The van der Waals surface area contributed by atoms with E-state index in [9.17, 15) is 13.5 Å². The van der Waals surface area contributed by atoms with E-state index in [-0.39, 0.29) is 10.8 Å². The second kappa shape index (κ2) is 9.80. The number of benzene rings is 2. The zero-order valence-corrected chi connectivity index (χ0v) is 21.0. The molecule has 1 aliphatic rings. The van der Waals surface area contributed by atoms with Crippen LogP contribution in [0.15, 0.2) is 58.1 Å². The number of aryl methyl sites for hydroxylation is 2. The number of aliphatic hydroxyl groups is 1. The summed E-state index contributed by atoms with van der Waals surface area (Å²) < 4.78 is 34.3. The fourth-order valence-electron chi connectivity index (χ4n) is 4.34. The SMILES string of the molecule is CCc1ccc(N(CC(C)C)S(=O)(=O)c2ccc3c(c2)C(O)CCN3Cc2cnoc2C)cc1. The summed E-state index contributed by atoms with van der Waals surface area (Å²) in [6.45, 7) is 9.57. The number of aromatic nitrogens is 1. The molecule has 0 saturated carbocycles. The number of fused-ring (bicyclic) bond motifs is 1. The molecule has 0 bridgehead atoms. The third-order valence-electron chi connectivity index (χ3n) is 6.33. The molecule has 8 heteroatoms. The third-order valence-corrected chi connectivity index (χ3v) is 8.12. The predicted molar refractivity (Wildman–Crippen MR) is 133 cm³/mol. The summed E-state index contributed by atoms with van der Waals surface area (Å²) in [6.07, 6.45) is 2.40. The van der Waals surface area contributed by atoms with Crippen molar-refractivity contribution >= 4 is 21.4 Å². The van der Waals surface area contributed by atoms with Gasteiger partial charge in [-0.3, -0.25) is 4.31 Å². The highest BCUT2D eigenvalue weighted by atomic mass is 32.2. The van der Waals surface area contributed by atoms with Gasteiger partial charge in [0.1, 0.15) is 5.76 Å². The molecule has 1 unspecified atom stereocenters. The Hall–Kier alpha value is -2.84. The number of nitrogens with zero attached hydrogens (tertiary/aromatic N) is 3. The van der Waals surface area contributed by atoms with Crippen LogP contribution < -0.4 is 9.21 Å². The smallest absolute Gasteiger partial charge is 0.264 e. The summed E-state index contributed by atoms with van der Waals surface area (Å²) in [7, 11) is -3.82. The van der Waals surface area contributed by atoms with Gasteiger partial charge in [-0.2, -0.15) is 0 Å². The normalized spacial score (nSPS) is 16.1. The number of rotatable bonds is 8. The molecule has 0 radical (unpaired) electrons. The van der Waals surface area contributed by atoms with Gasteiger partial charge in [-0.25, -0.2) is 8.42 Å². The first-order valence-electron chi connectivity index (χ1n) is 11.8. The molecule has 2 aromatic carbocycles. The second-order valence-electron chi connectivity index (χ2n) is 9.30. The largest absolute Gasteiger partial charge is 0.388 e. The first-order chi connectivity index (χ1) is 16.2. The van der Waals surface area contributed by atoms with Crippen molar-refractivity contribution in [1.29, 1.82) is 0 Å². The van der Waals surface area contributed by atoms with E-state index in [4.69, 9.17) is 4.52 Å². The van der Waals surface area contributed by atoms with E-state index in [1.165, 1.54) is 4.31 Å². The number of hydrogen-bond donors (Lipinski definition) is 1. The van der Waals surface area contributed by atoms with Crippen molar-refractivity contribution in [2.24, 2.45) is 5.92 Å². The standard InChI is InChI=1S/C26H33N3O4S/c1-5-20-6-8-22(9-7-20)29(16-18(2)3)34(31,32)23-10-11-25-24(14-23)26(30)12-13-28(25)17-21-15-27-33-19(21)4/h6-11,14-15,18,26,30H,5,12-13,16-17H2,1-4H3. The van der Waals surface area contributed by atoms with E-state index < -0.39 is 16.1 Å². The molecule has 0 saturated heterocycles. The Morgan fingerprint density at radius 1 is 1.21 bits per heavy atom. The summed E-state index contributed by atoms with van der Waals surface area (Å²) in [5.41, 5.74) is 4.24. The fraction of sp³-hybridized carbons (Fsp3) is 0.423. The number of hydrogen-bond acceptors (Lipinski definition) is 6. The zero-order chi connectivity index (χ0) is 24.5. The van der Waals surface area contributed by atoms with Crippen LogP contribution in [-0.2, 0) is 23.0 Å². The highest BCUT2D eigenvalue weighted by Crippen LogP contribution is 2.37. The highest BCUT2D eigenvalue weighted by molar-refractivity contribution is 7.92. The van der Waals surface area contributed by atoms with E-state index in [1.54, 1.807) is 24.4 Å². The fourth-order valence-corrected chi connectivity index (χ4v) is 6.01. The van der Waals surface area contributed by atoms with Gasteiger partial charge < -0.3 is 14.5 Å². The molecule has 1 N–H and O–H groups in total. The van der Waals surface area contributed by atoms with Crippen molar-refractivity contribution in [2.75, 3.05) is 22.3 Å². The molecular formula is C26H33N3O4S. The van der Waals surface area contributed by atoms with Gasteiger partial charge in [0.25, 0.3) is 10.0 Å². The van der Waals surface area contributed by atoms with Gasteiger partial charge in [0.05, 0.1) is 22.9 Å². The first-order valence-corrected chi connectivity index (χ1v) is 13.2. The van der Waals surface area contributed by atoms with Crippen molar-refractivity contribution in [3.05, 3.63) is 71.1 Å². The molecule has 0 spiro atoms. The van der Waals surface area contributed by atoms with Crippen LogP contribution >= 0.6 is 0 Å². The molecule has 0 aliphatic carbocycles. The lowest BCUT2D eigenvalue weighted by Gasteiger charge is -2.34. The van der Waals surface area contributed by atoms with Crippen molar-refractivity contribution in [2.45, 2.75) is 58.1 Å². The average molecular weight is 484 g/mol. The lowest BCUT2D eigenvalue weighted by molar-refractivity contribution is 0.163. The van der Waals surface area contributed by atoms with Crippen molar-refractivity contribution in [1.82, 2.24) is 5.16 Å². The molecule has 0 fully saturated rings. The van der Waals surface area contributed by atoms with E-state index in [0.717, 1.165) is 29.0 Å². The Bertz CT molecular complexity index is 1240. The molecule has 1 atom stereocenters. The molecule has 1 aromatic heterocycles. The van der Waals surface area contributed by atoms with Crippen LogP contribution in [0.25, 0.3) is 0 Å². The molecule has 3 aromatic rings. The Balaban J connectivity index is 1.70. The highest BCUT2D eigenvalue weighted by Gasteiger charge is 2.30. The van der Waals surface area contributed by atoms with E-state index >= 15 is 0 Å². The maximum Gasteiger partial charge on any atom is 0.264 e. The molecule has 34 heavy (non-hydrogen) atoms. The summed E-state index contributed by atoms with van der Waals surface area (Å²) in [5.74, 6) is 0.899. The second-order valence-corrected chi connectivity index (χ2v) is 11.2. The minimum absolute atomic E-state index is 0.145. The molecule has 2 heterocycles. The topological polar surface area (TPSA) is 86.9 Å². The average Bonchev–Trinajstić information content (AvgIpc) is 3.23. The summed E-state index contributed by atoms with van der Waals surface area (Å²) in [6, 6.07) is 12.8. The third kappa shape index (κ3) is 4.83. The van der Waals surface area contributed by atoms with Crippen LogP contribution in [0, 0.1) is 12.8 Å². The molecule has 182 valence electrons. The lowest BCUT2D eigenvalue weighted by Crippen LogP contribution is -2.35. The minimum atomic E-state index is -3.82. The van der Waals surface area contributed by atoms with Crippen LogP contribution in [0.4, 0.5) is 11.4 Å². The maximum absolute atomic E-state index is 13.8. The zero-order valence-electron chi connectivity index (χ0n) is 20.2. The van der Waals surface area contributed by atoms with Gasteiger partial charge in [0.15, 0.2) is 0 Å². The first kappa shape index (κ1) is 24.3. The van der Waals surface area contributed by atoms with Crippen LogP contribution in [0.2, 0.25) is 0 Å².